The largest absolute Gasteiger partial charge is 0.545 e. The number of carbonyl (C=O) groups excluding carboxylic acids is 2. The molecule has 0 saturated heterocycles. The van der Waals surface area contributed by atoms with Gasteiger partial charge in [0.15, 0.2) is 0 Å². The molecule has 108 valence electrons. The second kappa shape index (κ2) is 7.10. The monoisotopic (exact) mass is 321 g/mol. The van der Waals surface area contributed by atoms with Crippen molar-refractivity contribution >= 4 is 40.9 Å². The summed E-state index contributed by atoms with van der Waals surface area (Å²) in [5.41, 5.74) is 0.548. The number of nitrogens with one attached hydrogen (secondary N) is 1. The first-order chi connectivity index (χ1) is 10.1. The number of thioether (sulfide) groups is 1. The Labute approximate surface area is 130 Å². The molecule has 5 nitrogen and oxygen atoms in total. The fourth-order valence-electron chi connectivity index (χ4n) is 1.56. The molecule has 1 aromatic heterocycles. The van der Waals surface area contributed by atoms with Gasteiger partial charge in [-0.2, -0.15) is 0 Å². The highest BCUT2D eigenvalue weighted by molar-refractivity contribution is 8.00. The molecule has 0 bridgehead atoms. The van der Waals surface area contributed by atoms with Crippen LogP contribution >= 0.6 is 23.4 Å². The van der Waals surface area contributed by atoms with Crippen LogP contribution in [0.1, 0.15) is 10.4 Å². The maximum absolute atomic E-state index is 11.8. The molecule has 1 heterocycles. The van der Waals surface area contributed by atoms with E-state index in [4.69, 9.17) is 11.6 Å². The van der Waals surface area contributed by atoms with Gasteiger partial charge in [0, 0.05) is 22.5 Å². The van der Waals surface area contributed by atoms with Gasteiger partial charge in [-0.05, 0) is 30.3 Å². The van der Waals surface area contributed by atoms with E-state index < -0.39 is 5.97 Å². The lowest BCUT2D eigenvalue weighted by Crippen LogP contribution is -2.23. The highest BCUT2D eigenvalue weighted by Crippen LogP contribution is 2.20. The highest BCUT2D eigenvalue weighted by Gasteiger charge is 2.09. The van der Waals surface area contributed by atoms with Gasteiger partial charge < -0.3 is 15.2 Å². The van der Waals surface area contributed by atoms with Gasteiger partial charge in [0.2, 0.25) is 5.91 Å². The molecular formula is C14H10ClN2O3S-. The van der Waals surface area contributed by atoms with Gasteiger partial charge >= 0.3 is 0 Å². The van der Waals surface area contributed by atoms with E-state index in [1.807, 2.05) is 0 Å². The zero-order chi connectivity index (χ0) is 15.2. The van der Waals surface area contributed by atoms with E-state index in [9.17, 15) is 14.7 Å². The number of pyridine rings is 1. The van der Waals surface area contributed by atoms with Crippen molar-refractivity contribution in [1.82, 2.24) is 4.98 Å². The molecular weight excluding hydrogens is 312 g/mol. The third kappa shape index (κ3) is 4.47. The van der Waals surface area contributed by atoms with Crippen LogP contribution in [0.4, 0.5) is 5.69 Å². The van der Waals surface area contributed by atoms with Crippen LogP contribution in [0.15, 0.2) is 47.6 Å². The lowest BCUT2D eigenvalue weighted by atomic mass is 10.3. The maximum Gasteiger partial charge on any atom is 0.234 e. The number of carboxylic acids is 1. The summed E-state index contributed by atoms with van der Waals surface area (Å²) < 4.78 is 0. The molecule has 2 rings (SSSR count). The molecule has 0 aliphatic carbocycles. The van der Waals surface area contributed by atoms with Gasteiger partial charge in [-0.25, -0.2) is 4.98 Å². The molecule has 0 fully saturated rings. The zero-order valence-electron chi connectivity index (χ0n) is 10.7. The number of halogens is 1. The van der Waals surface area contributed by atoms with Crippen molar-refractivity contribution in [2.75, 3.05) is 11.1 Å². The van der Waals surface area contributed by atoms with Gasteiger partial charge in [-0.3, -0.25) is 4.79 Å². The number of carbonyl (C=O) groups is 2. The van der Waals surface area contributed by atoms with Gasteiger partial charge in [-0.1, -0.05) is 29.4 Å². The van der Waals surface area contributed by atoms with E-state index in [0.29, 0.717) is 10.7 Å². The topological polar surface area (TPSA) is 82.1 Å². The molecule has 0 atom stereocenters. The molecule has 7 heteroatoms. The minimum absolute atomic E-state index is 0.0296. The Hall–Kier alpha value is -2.05. The molecule has 1 amide bonds. The Morgan fingerprint density at radius 1 is 1.29 bits per heavy atom. The molecule has 1 aromatic carbocycles. The average molecular weight is 322 g/mol. The highest BCUT2D eigenvalue weighted by atomic mass is 35.5. The minimum atomic E-state index is -1.32. The molecule has 0 spiro atoms. The number of anilines is 1. The maximum atomic E-state index is 11.8. The lowest BCUT2D eigenvalue weighted by molar-refractivity contribution is -0.255. The molecule has 0 saturated carbocycles. The summed E-state index contributed by atoms with van der Waals surface area (Å²) in [6.45, 7) is 0. The molecule has 0 aliphatic heterocycles. The van der Waals surface area contributed by atoms with E-state index in [1.165, 1.54) is 18.3 Å². The lowest BCUT2D eigenvalue weighted by Gasteiger charge is -2.09. The first-order valence-corrected chi connectivity index (χ1v) is 7.27. The molecule has 1 N–H and O–H groups in total. The number of amides is 1. The Morgan fingerprint density at radius 3 is 2.81 bits per heavy atom. The van der Waals surface area contributed by atoms with Crippen molar-refractivity contribution < 1.29 is 14.7 Å². The van der Waals surface area contributed by atoms with Gasteiger partial charge in [0.25, 0.3) is 0 Å². The van der Waals surface area contributed by atoms with Crippen molar-refractivity contribution in [2.24, 2.45) is 0 Å². The summed E-state index contributed by atoms with van der Waals surface area (Å²) in [4.78, 5) is 26.7. The SMILES string of the molecule is O=C(CSc1ncccc1C(=O)[O-])Nc1cccc(Cl)c1. The summed E-state index contributed by atoms with van der Waals surface area (Å²) in [6.07, 6.45) is 1.46. The number of carboxylic acid groups (broad SMARTS) is 1. The normalized spacial score (nSPS) is 10.1. The van der Waals surface area contributed by atoms with Crippen LogP contribution in [-0.2, 0) is 4.79 Å². The van der Waals surface area contributed by atoms with Gasteiger partial charge in [-0.15, -0.1) is 0 Å². The third-order valence-corrected chi connectivity index (χ3v) is 3.68. The van der Waals surface area contributed by atoms with Crippen molar-refractivity contribution in [3.63, 3.8) is 0 Å². The van der Waals surface area contributed by atoms with E-state index in [2.05, 4.69) is 10.3 Å². The fraction of sp³-hybridized carbons (Fsp3) is 0.0714. The number of aromatic nitrogens is 1. The Morgan fingerprint density at radius 2 is 2.10 bits per heavy atom. The predicted molar refractivity (Wildman–Crippen MR) is 79.4 cm³/mol. The first-order valence-electron chi connectivity index (χ1n) is 5.91. The van der Waals surface area contributed by atoms with Crippen molar-refractivity contribution in [3.05, 3.63) is 53.2 Å². The van der Waals surface area contributed by atoms with Crippen LogP contribution in [0.5, 0.6) is 0 Å². The van der Waals surface area contributed by atoms with Gasteiger partial charge in [0.05, 0.1) is 11.7 Å². The van der Waals surface area contributed by atoms with Crippen LogP contribution in [0.2, 0.25) is 5.02 Å². The zero-order valence-corrected chi connectivity index (χ0v) is 12.3. The van der Waals surface area contributed by atoms with E-state index in [-0.39, 0.29) is 22.2 Å². The predicted octanol–water partition coefficient (Wildman–Crippen LogP) is 1.83. The van der Waals surface area contributed by atoms with Crippen molar-refractivity contribution in [3.8, 4) is 0 Å². The molecule has 0 radical (unpaired) electrons. The number of aromatic carboxylic acids is 1. The van der Waals surface area contributed by atoms with Crippen LogP contribution in [0.25, 0.3) is 0 Å². The number of hydrogen-bond acceptors (Lipinski definition) is 5. The summed E-state index contributed by atoms with van der Waals surface area (Å²) in [5, 5.41) is 14.3. The number of rotatable bonds is 5. The second-order valence-electron chi connectivity index (χ2n) is 3.99. The minimum Gasteiger partial charge on any atom is -0.545 e. The summed E-state index contributed by atoms with van der Waals surface area (Å²) in [5.74, 6) is -1.57. The molecule has 21 heavy (non-hydrogen) atoms. The number of benzene rings is 1. The fourth-order valence-corrected chi connectivity index (χ4v) is 2.53. The molecule has 0 aliphatic rings. The van der Waals surface area contributed by atoms with E-state index in [0.717, 1.165) is 11.8 Å². The smallest absolute Gasteiger partial charge is 0.234 e. The number of hydrogen-bond donors (Lipinski definition) is 1. The standard InChI is InChI=1S/C14H11ClN2O3S/c15-9-3-1-4-10(7-9)17-12(18)8-21-13-11(14(19)20)5-2-6-16-13/h1-7H,8H2,(H,17,18)(H,19,20)/p-1. The van der Waals surface area contributed by atoms with E-state index in [1.54, 1.807) is 24.3 Å². The van der Waals surface area contributed by atoms with Crippen LogP contribution < -0.4 is 10.4 Å². The first kappa shape index (κ1) is 15.3. The van der Waals surface area contributed by atoms with Crippen molar-refractivity contribution in [1.29, 1.82) is 0 Å². The van der Waals surface area contributed by atoms with Crippen molar-refractivity contribution in [2.45, 2.75) is 5.03 Å². The second-order valence-corrected chi connectivity index (χ2v) is 5.39. The summed E-state index contributed by atoms with van der Waals surface area (Å²) >= 11 is 6.85. The Kier molecular flexibility index (Phi) is 5.19. The summed E-state index contributed by atoms with van der Waals surface area (Å²) in [7, 11) is 0. The molecule has 0 unspecified atom stereocenters. The van der Waals surface area contributed by atoms with E-state index >= 15 is 0 Å². The number of nitrogens with zero attached hydrogens (tertiary/aromatic N) is 1. The third-order valence-electron chi connectivity index (χ3n) is 2.44. The quantitative estimate of drug-likeness (QED) is 0.850. The molecule has 2 aromatic rings. The Bertz CT molecular complexity index is 679. The van der Waals surface area contributed by atoms with Crippen LogP contribution in [0.3, 0.4) is 0 Å². The van der Waals surface area contributed by atoms with Gasteiger partial charge in [0.1, 0.15) is 5.03 Å². The average Bonchev–Trinajstić information content (AvgIpc) is 2.45. The van der Waals surface area contributed by atoms with Crippen LogP contribution in [0, 0.1) is 0 Å². The van der Waals surface area contributed by atoms with Crippen LogP contribution in [-0.4, -0.2) is 22.6 Å². The Balaban J connectivity index is 1.97. The summed E-state index contributed by atoms with van der Waals surface area (Å²) in [6, 6.07) is 9.64.